The highest BCUT2D eigenvalue weighted by atomic mass is 127. The molecule has 0 spiro atoms. The first kappa shape index (κ1) is 17.7. The number of aliphatic imine (C=N–C) groups is 1. The molecule has 0 atom stereocenters. The molecule has 0 fully saturated rings. The summed E-state index contributed by atoms with van der Waals surface area (Å²) >= 11 is 2.20. The van der Waals surface area contributed by atoms with Crippen molar-refractivity contribution in [1.29, 1.82) is 0 Å². The Bertz CT molecular complexity index is 900. The molecule has 0 aromatic heterocycles. The summed E-state index contributed by atoms with van der Waals surface area (Å²) in [6, 6.07) is 10.0. The lowest BCUT2D eigenvalue weighted by Gasteiger charge is -2.05. The second-order valence-corrected chi connectivity index (χ2v) is 6.58. The zero-order valence-corrected chi connectivity index (χ0v) is 15.1. The molecule has 0 radical (unpaired) electrons. The molecule has 25 heavy (non-hydrogen) atoms. The van der Waals surface area contributed by atoms with E-state index in [9.17, 15) is 18.0 Å². The second-order valence-electron chi connectivity index (χ2n) is 5.42. The molecule has 0 saturated carbocycles. The van der Waals surface area contributed by atoms with Gasteiger partial charge in [0, 0.05) is 9.13 Å². The Morgan fingerprint density at radius 3 is 2.40 bits per heavy atom. The van der Waals surface area contributed by atoms with E-state index in [4.69, 9.17) is 4.74 Å². The van der Waals surface area contributed by atoms with E-state index in [-0.39, 0.29) is 11.6 Å². The Morgan fingerprint density at radius 2 is 1.80 bits per heavy atom. The predicted octanol–water partition coefficient (Wildman–Crippen LogP) is 4.96. The van der Waals surface area contributed by atoms with Crippen LogP contribution < -0.4 is 0 Å². The van der Waals surface area contributed by atoms with E-state index >= 15 is 0 Å². The van der Waals surface area contributed by atoms with Crippen LogP contribution in [-0.4, -0.2) is 11.9 Å². The van der Waals surface area contributed by atoms with Crippen LogP contribution in [0.3, 0.4) is 0 Å². The lowest BCUT2D eigenvalue weighted by molar-refractivity contribution is -0.137. The zero-order chi connectivity index (χ0) is 18.2. The highest BCUT2D eigenvalue weighted by molar-refractivity contribution is 14.1. The molecule has 2 aromatic rings. The summed E-state index contributed by atoms with van der Waals surface area (Å²) < 4.78 is 44.0. The van der Waals surface area contributed by atoms with Crippen molar-refractivity contribution in [3.63, 3.8) is 0 Å². The minimum Gasteiger partial charge on any atom is -0.402 e. The molecule has 0 saturated heterocycles. The maximum Gasteiger partial charge on any atom is 0.416 e. The van der Waals surface area contributed by atoms with Gasteiger partial charge in [-0.25, -0.2) is 9.79 Å². The normalized spacial score (nSPS) is 16.1. The summed E-state index contributed by atoms with van der Waals surface area (Å²) in [5.74, 6) is -0.450. The average molecular weight is 457 g/mol. The number of benzene rings is 2. The van der Waals surface area contributed by atoms with Crippen molar-refractivity contribution in [2.24, 2.45) is 4.99 Å². The number of halogens is 4. The largest absolute Gasteiger partial charge is 0.416 e. The van der Waals surface area contributed by atoms with Crippen molar-refractivity contribution in [2.75, 3.05) is 0 Å². The third-order valence-corrected chi connectivity index (χ3v) is 4.78. The van der Waals surface area contributed by atoms with E-state index in [2.05, 4.69) is 27.6 Å². The third kappa shape index (κ3) is 3.92. The number of carbonyl (C=O) groups excluding carboxylic acids is 1. The van der Waals surface area contributed by atoms with Gasteiger partial charge in [0.15, 0.2) is 5.70 Å². The van der Waals surface area contributed by atoms with E-state index in [0.29, 0.717) is 11.1 Å². The lowest BCUT2D eigenvalue weighted by Crippen LogP contribution is -2.06. The Kier molecular flexibility index (Phi) is 4.68. The molecule has 2 aromatic carbocycles. The van der Waals surface area contributed by atoms with Crippen molar-refractivity contribution in [2.45, 2.75) is 13.1 Å². The Balaban J connectivity index is 1.89. The van der Waals surface area contributed by atoms with Crippen LogP contribution in [0.15, 0.2) is 53.2 Å². The number of hydrogen-bond acceptors (Lipinski definition) is 3. The maximum absolute atomic E-state index is 12.6. The second kappa shape index (κ2) is 6.62. The van der Waals surface area contributed by atoms with Crippen molar-refractivity contribution < 1.29 is 22.7 Å². The first-order valence-corrected chi connectivity index (χ1v) is 8.28. The Labute approximate surface area is 155 Å². The van der Waals surface area contributed by atoms with Crippen LogP contribution in [0, 0.1) is 10.5 Å². The van der Waals surface area contributed by atoms with Gasteiger partial charge in [0.05, 0.1) is 5.56 Å². The molecule has 0 bridgehead atoms. The molecule has 1 aliphatic rings. The molecular formula is C18H11F3INO2. The molecule has 0 unspecified atom stereocenters. The molecule has 3 rings (SSSR count). The Hall–Kier alpha value is -2.16. The van der Waals surface area contributed by atoms with Gasteiger partial charge in [-0.05, 0) is 77.0 Å². The molecule has 3 nitrogen and oxygen atoms in total. The topological polar surface area (TPSA) is 38.7 Å². The van der Waals surface area contributed by atoms with Crippen LogP contribution in [0.2, 0.25) is 0 Å². The molecular weight excluding hydrogens is 446 g/mol. The minimum absolute atomic E-state index is 0.0472. The van der Waals surface area contributed by atoms with Crippen molar-refractivity contribution in [1.82, 2.24) is 0 Å². The fraction of sp³-hybridized carbons (Fsp3) is 0.111. The van der Waals surface area contributed by atoms with Gasteiger partial charge in [-0.1, -0.05) is 12.1 Å². The van der Waals surface area contributed by atoms with Gasteiger partial charge in [0.2, 0.25) is 5.90 Å². The summed E-state index contributed by atoms with van der Waals surface area (Å²) in [4.78, 5) is 16.1. The van der Waals surface area contributed by atoms with Crippen LogP contribution in [0.4, 0.5) is 13.2 Å². The monoisotopic (exact) mass is 457 g/mol. The summed E-state index contributed by atoms with van der Waals surface area (Å²) in [5.41, 5.74) is 1.43. The fourth-order valence-corrected chi connectivity index (χ4v) is 2.57. The highest BCUT2D eigenvalue weighted by Gasteiger charge is 2.30. The van der Waals surface area contributed by atoms with Crippen LogP contribution >= 0.6 is 22.6 Å². The maximum atomic E-state index is 12.6. The number of aryl methyl sites for hydroxylation is 1. The van der Waals surface area contributed by atoms with Crippen LogP contribution in [0.1, 0.15) is 22.3 Å². The SMILES string of the molecule is Cc1cc(C2=N/C(=C\c3ccc(C(F)(F)F)cc3)C(=O)O2)ccc1I. The molecule has 128 valence electrons. The van der Waals surface area contributed by atoms with E-state index < -0.39 is 17.7 Å². The number of alkyl halides is 3. The van der Waals surface area contributed by atoms with Gasteiger partial charge in [-0.15, -0.1) is 0 Å². The summed E-state index contributed by atoms with van der Waals surface area (Å²) in [5, 5.41) is 0. The molecule has 7 heteroatoms. The first-order chi connectivity index (χ1) is 11.7. The third-order valence-electron chi connectivity index (χ3n) is 3.57. The predicted molar refractivity (Wildman–Crippen MR) is 95.9 cm³/mol. The van der Waals surface area contributed by atoms with Gasteiger partial charge in [0.25, 0.3) is 0 Å². The number of cyclic esters (lactones) is 1. The number of esters is 1. The molecule has 0 N–H and O–H groups in total. The minimum atomic E-state index is -4.40. The zero-order valence-electron chi connectivity index (χ0n) is 12.9. The molecule has 1 heterocycles. The van der Waals surface area contributed by atoms with E-state index in [1.807, 2.05) is 19.1 Å². The summed E-state index contributed by atoms with van der Waals surface area (Å²) in [6.07, 6.45) is -3.00. The van der Waals surface area contributed by atoms with E-state index in [1.54, 1.807) is 6.07 Å². The van der Waals surface area contributed by atoms with Crippen LogP contribution in [-0.2, 0) is 15.7 Å². The molecule has 0 aliphatic carbocycles. The number of carbonyl (C=O) groups is 1. The van der Waals surface area contributed by atoms with Gasteiger partial charge in [0.1, 0.15) is 0 Å². The lowest BCUT2D eigenvalue weighted by atomic mass is 10.1. The number of hydrogen-bond donors (Lipinski definition) is 0. The number of nitrogens with zero attached hydrogens (tertiary/aromatic N) is 1. The standard InChI is InChI=1S/C18H11F3INO2/c1-10-8-12(4-7-14(10)22)16-23-15(17(24)25-16)9-11-2-5-13(6-3-11)18(19,20)21/h2-9H,1H3/b15-9-. The van der Waals surface area contributed by atoms with E-state index in [0.717, 1.165) is 21.3 Å². The van der Waals surface area contributed by atoms with Crippen LogP contribution in [0.5, 0.6) is 0 Å². The smallest absolute Gasteiger partial charge is 0.402 e. The van der Waals surface area contributed by atoms with Gasteiger partial charge < -0.3 is 4.74 Å². The Morgan fingerprint density at radius 1 is 1.12 bits per heavy atom. The fourth-order valence-electron chi connectivity index (χ4n) is 2.24. The molecule has 0 amide bonds. The van der Waals surface area contributed by atoms with Gasteiger partial charge >= 0.3 is 12.1 Å². The number of ether oxygens (including phenoxy) is 1. The van der Waals surface area contributed by atoms with Crippen molar-refractivity contribution in [3.8, 4) is 0 Å². The van der Waals surface area contributed by atoms with Gasteiger partial charge in [-0.3, -0.25) is 0 Å². The average Bonchev–Trinajstić information content (AvgIpc) is 2.91. The summed E-state index contributed by atoms with van der Waals surface area (Å²) in [7, 11) is 0. The van der Waals surface area contributed by atoms with Crippen LogP contribution in [0.25, 0.3) is 6.08 Å². The van der Waals surface area contributed by atoms with Gasteiger partial charge in [-0.2, -0.15) is 13.2 Å². The van der Waals surface area contributed by atoms with E-state index in [1.165, 1.54) is 18.2 Å². The quantitative estimate of drug-likeness (QED) is 0.363. The highest BCUT2D eigenvalue weighted by Crippen LogP contribution is 2.29. The first-order valence-electron chi connectivity index (χ1n) is 7.20. The summed E-state index contributed by atoms with van der Waals surface area (Å²) in [6.45, 7) is 1.93. The van der Waals surface area contributed by atoms with Crippen molar-refractivity contribution in [3.05, 3.63) is 74.0 Å². The molecule has 1 aliphatic heterocycles. The number of rotatable bonds is 2. The van der Waals surface area contributed by atoms with Crippen molar-refractivity contribution >= 4 is 40.5 Å².